The van der Waals surface area contributed by atoms with Gasteiger partial charge in [0.25, 0.3) is 0 Å². The first-order valence-corrected chi connectivity index (χ1v) is 7.40. The molecule has 0 amide bonds. The lowest BCUT2D eigenvalue weighted by molar-refractivity contribution is 0.618. The molecule has 1 nitrogen and oxygen atoms in total. The maximum Gasteiger partial charge on any atom is 0.127 e. The van der Waals surface area contributed by atoms with Gasteiger partial charge in [0.2, 0.25) is 0 Å². The maximum atomic E-state index is 13.6. The van der Waals surface area contributed by atoms with Gasteiger partial charge in [0.05, 0.1) is 5.02 Å². The van der Waals surface area contributed by atoms with Gasteiger partial charge in [-0.15, -0.1) is 0 Å². The van der Waals surface area contributed by atoms with Crippen molar-refractivity contribution in [2.24, 2.45) is 0 Å². The SMILES string of the molecule is Cc1cc(-c2cc(F)ccc2CNC2CC2)c(Cl)cc1F. The number of halogens is 3. The minimum atomic E-state index is -0.349. The standard InChI is InChI=1S/C17H16ClF2N/c1-10-6-15(16(18)8-17(10)20)14-7-12(19)3-2-11(14)9-21-13-4-5-13/h2-3,6-8,13,21H,4-5,9H2,1H3. The van der Waals surface area contributed by atoms with Gasteiger partial charge in [0.1, 0.15) is 11.6 Å². The van der Waals surface area contributed by atoms with Gasteiger partial charge in [0, 0.05) is 18.2 Å². The van der Waals surface area contributed by atoms with Crippen LogP contribution in [0.1, 0.15) is 24.0 Å². The van der Waals surface area contributed by atoms with Gasteiger partial charge in [-0.3, -0.25) is 0 Å². The molecule has 0 atom stereocenters. The summed E-state index contributed by atoms with van der Waals surface area (Å²) in [4.78, 5) is 0. The first-order chi connectivity index (χ1) is 10.0. The van der Waals surface area contributed by atoms with Crippen LogP contribution < -0.4 is 5.32 Å². The van der Waals surface area contributed by atoms with E-state index in [0.717, 1.165) is 11.1 Å². The third-order valence-corrected chi connectivity index (χ3v) is 4.08. The maximum absolute atomic E-state index is 13.6. The average molecular weight is 308 g/mol. The minimum Gasteiger partial charge on any atom is -0.310 e. The summed E-state index contributed by atoms with van der Waals surface area (Å²) in [5.74, 6) is -0.670. The van der Waals surface area contributed by atoms with E-state index in [9.17, 15) is 8.78 Å². The van der Waals surface area contributed by atoms with E-state index in [1.807, 2.05) is 0 Å². The molecule has 1 fully saturated rings. The largest absolute Gasteiger partial charge is 0.310 e. The Labute approximate surface area is 127 Å². The summed E-state index contributed by atoms with van der Waals surface area (Å²) < 4.78 is 27.2. The molecule has 0 radical (unpaired) electrons. The molecule has 0 heterocycles. The van der Waals surface area contributed by atoms with E-state index < -0.39 is 0 Å². The van der Waals surface area contributed by atoms with Crippen molar-refractivity contribution in [3.05, 3.63) is 58.1 Å². The van der Waals surface area contributed by atoms with E-state index in [4.69, 9.17) is 11.6 Å². The van der Waals surface area contributed by atoms with Gasteiger partial charge < -0.3 is 5.32 Å². The van der Waals surface area contributed by atoms with Crippen molar-refractivity contribution in [2.75, 3.05) is 0 Å². The Morgan fingerprint density at radius 3 is 2.62 bits per heavy atom. The van der Waals surface area contributed by atoms with Crippen molar-refractivity contribution in [1.29, 1.82) is 0 Å². The molecule has 0 aliphatic heterocycles. The Bertz CT molecular complexity index is 681. The van der Waals surface area contributed by atoms with Crippen LogP contribution in [0.4, 0.5) is 8.78 Å². The third kappa shape index (κ3) is 3.25. The molecule has 1 saturated carbocycles. The number of hydrogen-bond donors (Lipinski definition) is 1. The molecule has 1 aliphatic rings. The summed E-state index contributed by atoms with van der Waals surface area (Å²) in [6.07, 6.45) is 2.37. The lowest BCUT2D eigenvalue weighted by atomic mass is 9.97. The van der Waals surface area contributed by atoms with Gasteiger partial charge in [-0.25, -0.2) is 8.78 Å². The Morgan fingerprint density at radius 2 is 1.90 bits per heavy atom. The second kappa shape index (κ2) is 5.74. The van der Waals surface area contributed by atoms with Crippen molar-refractivity contribution in [3.63, 3.8) is 0 Å². The van der Waals surface area contributed by atoms with Crippen molar-refractivity contribution in [1.82, 2.24) is 5.32 Å². The fourth-order valence-electron chi connectivity index (χ4n) is 2.36. The molecule has 1 N–H and O–H groups in total. The van der Waals surface area contributed by atoms with E-state index in [0.29, 0.717) is 28.7 Å². The zero-order chi connectivity index (χ0) is 15.0. The number of rotatable bonds is 4. The molecule has 110 valence electrons. The summed E-state index contributed by atoms with van der Waals surface area (Å²) in [6, 6.07) is 8.19. The average Bonchev–Trinajstić information content (AvgIpc) is 3.25. The smallest absolute Gasteiger partial charge is 0.127 e. The Kier molecular flexibility index (Phi) is 3.96. The number of aryl methyl sites for hydroxylation is 1. The van der Waals surface area contributed by atoms with E-state index in [-0.39, 0.29) is 11.6 Å². The van der Waals surface area contributed by atoms with E-state index in [1.165, 1.54) is 31.0 Å². The number of hydrogen-bond acceptors (Lipinski definition) is 1. The normalized spacial score (nSPS) is 14.5. The predicted octanol–water partition coefficient (Wildman–Crippen LogP) is 4.85. The summed E-state index contributed by atoms with van der Waals surface area (Å²) in [5, 5.41) is 3.71. The van der Waals surface area contributed by atoms with Crippen molar-refractivity contribution >= 4 is 11.6 Å². The van der Waals surface area contributed by atoms with Crippen LogP contribution in [0.2, 0.25) is 5.02 Å². The van der Waals surface area contributed by atoms with Crippen LogP contribution in [0, 0.1) is 18.6 Å². The van der Waals surface area contributed by atoms with Crippen LogP contribution in [0.25, 0.3) is 11.1 Å². The van der Waals surface area contributed by atoms with Crippen molar-refractivity contribution < 1.29 is 8.78 Å². The van der Waals surface area contributed by atoms with Crippen molar-refractivity contribution in [2.45, 2.75) is 32.4 Å². The molecule has 21 heavy (non-hydrogen) atoms. The summed E-state index contributed by atoms with van der Waals surface area (Å²) in [5.41, 5.74) is 2.86. The van der Waals surface area contributed by atoms with Crippen LogP contribution in [0.5, 0.6) is 0 Å². The lowest BCUT2D eigenvalue weighted by Crippen LogP contribution is -2.16. The van der Waals surface area contributed by atoms with Gasteiger partial charge >= 0.3 is 0 Å². The summed E-state index contributed by atoms with van der Waals surface area (Å²) in [7, 11) is 0. The van der Waals surface area contributed by atoms with Gasteiger partial charge in [-0.2, -0.15) is 0 Å². The number of benzene rings is 2. The first-order valence-electron chi connectivity index (χ1n) is 7.02. The van der Waals surface area contributed by atoms with Gasteiger partial charge in [-0.05, 0) is 60.7 Å². The van der Waals surface area contributed by atoms with E-state index >= 15 is 0 Å². The molecule has 0 spiro atoms. The summed E-state index contributed by atoms with van der Waals surface area (Å²) >= 11 is 6.15. The molecule has 4 heteroatoms. The lowest BCUT2D eigenvalue weighted by Gasteiger charge is -2.13. The molecule has 0 unspecified atom stereocenters. The zero-order valence-corrected chi connectivity index (χ0v) is 12.5. The van der Waals surface area contributed by atoms with Crippen molar-refractivity contribution in [3.8, 4) is 11.1 Å². The molecule has 1 aliphatic carbocycles. The van der Waals surface area contributed by atoms with Crippen LogP contribution in [0.3, 0.4) is 0 Å². The highest BCUT2D eigenvalue weighted by molar-refractivity contribution is 6.33. The highest BCUT2D eigenvalue weighted by Gasteiger charge is 2.21. The molecular formula is C17H16ClF2N. The molecule has 0 bridgehead atoms. The molecule has 0 aromatic heterocycles. The van der Waals surface area contributed by atoms with Gasteiger partial charge in [0.15, 0.2) is 0 Å². The van der Waals surface area contributed by atoms with Crippen LogP contribution in [0.15, 0.2) is 30.3 Å². The Balaban J connectivity index is 2.02. The van der Waals surface area contributed by atoms with Gasteiger partial charge in [-0.1, -0.05) is 17.7 Å². The molecule has 2 aromatic rings. The second-order valence-electron chi connectivity index (χ2n) is 5.54. The Hall–Kier alpha value is -1.45. The topological polar surface area (TPSA) is 12.0 Å². The monoisotopic (exact) mass is 307 g/mol. The minimum absolute atomic E-state index is 0.302. The quantitative estimate of drug-likeness (QED) is 0.852. The second-order valence-corrected chi connectivity index (χ2v) is 5.95. The molecular weight excluding hydrogens is 292 g/mol. The highest BCUT2D eigenvalue weighted by Crippen LogP contribution is 2.33. The number of nitrogens with one attached hydrogen (secondary N) is 1. The first kappa shape index (κ1) is 14.5. The van der Waals surface area contributed by atoms with Crippen LogP contribution in [-0.2, 0) is 6.54 Å². The fourth-order valence-corrected chi connectivity index (χ4v) is 2.61. The molecule has 0 saturated heterocycles. The van der Waals surface area contributed by atoms with E-state index in [1.54, 1.807) is 19.1 Å². The predicted molar refractivity (Wildman–Crippen MR) is 81.4 cm³/mol. The zero-order valence-electron chi connectivity index (χ0n) is 11.7. The van der Waals surface area contributed by atoms with Crippen LogP contribution in [-0.4, -0.2) is 6.04 Å². The van der Waals surface area contributed by atoms with E-state index in [2.05, 4.69) is 5.32 Å². The Morgan fingerprint density at radius 1 is 1.14 bits per heavy atom. The van der Waals surface area contributed by atoms with Crippen LogP contribution >= 0.6 is 11.6 Å². The summed E-state index contributed by atoms with van der Waals surface area (Å²) in [6.45, 7) is 2.34. The highest BCUT2D eigenvalue weighted by atomic mass is 35.5. The fraction of sp³-hybridized carbons (Fsp3) is 0.294. The molecule has 2 aromatic carbocycles. The molecule has 3 rings (SSSR count). The third-order valence-electron chi connectivity index (χ3n) is 3.77.